The van der Waals surface area contributed by atoms with Gasteiger partial charge in [0.2, 0.25) is 11.8 Å². The van der Waals surface area contributed by atoms with Gasteiger partial charge in [0.1, 0.15) is 5.82 Å². The van der Waals surface area contributed by atoms with Gasteiger partial charge in [-0.05, 0) is 54.5 Å². The SMILES string of the molecule is Cc1cccc(NC(=O)CSCC(=O)NNC(=S)NCc2ccc(F)cc2)c1. The Labute approximate surface area is 172 Å². The molecule has 6 nitrogen and oxygen atoms in total. The average molecular weight is 421 g/mol. The van der Waals surface area contributed by atoms with E-state index in [9.17, 15) is 14.0 Å². The molecule has 0 saturated heterocycles. The Hall–Kier alpha value is -2.65. The molecular weight excluding hydrogens is 399 g/mol. The molecule has 0 spiro atoms. The van der Waals surface area contributed by atoms with Crippen LogP contribution in [0.2, 0.25) is 0 Å². The van der Waals surface area contributed by atoms with Crippen molar-refractivity contribution in [2.24, 2.45) is 0 Å². The Morgan fingerprint density at radius 1 is 1.04 bits per heavy atom. The lowest BCUT2D eigenvalue weighted by Gasteiger charge is -2.11. The van der Waals surface area contributed by atoms with Crippen molar-refractivity contribution in [3.8, 4) is 0 Å². The highest BCUT2D eigenvalue weighted by Gasteiger charge is 2.07. The van der Waals surface area contributed by atoms with Crippen LogP contribution in [0.25, 0.3) is 0 Å². The van der Waals surface area contributed by atoms with Gasteiger partial charge in [-0.25, -0.2) is 4.39 Å². The van der Waals surface area contributed by atoms with Crippen LogP contribution in [-0.2, 0) is 16.1 Å². The number of nitrogens with one attached hydrogen (secondary N) is 4. The molecule has 0 saturated carbocycles. The van der Waals surface area contributed by atoms with Gasteiger partial charge in [-0.15, -0.1) is 11.8 Å². The number of hydrogen-bond donors (Lipinski definition) is 4. The maximum atomic E-state index is 12.8. The first kappa shape index (κ1) is 21.6. The molecule has 0 unspecified atom stereocenters. The zero-order valence-electron chi connectivity index (χ0n) is 15.3. The number of anilines is 1. The third-order valence-electron chi connectivity index (χ3n) is 3.45. The molecule has 28 heavy (non-hydrogen) atoms. The Bertz CT molecular complexity index is 831. The molecule has 0 aliphatic heterocycles. The Morgan fingerprint density at radius 3 is 2.46 bits per heavy atom. The van der Waals surface area contributed by atoms with E-state index in [-0.39, 0.29) is 34.2 Å². The van der Waals surface area contributed by atoms with E-state index in [0.717, 1.165) is 16.8 Å². The summed E-state index contributed by atoms with van der Waals surface area (Å²) in [4.78, 5) is 23.7. The lowest BCUT2D eigenvalue weighted by Crippen LogP contribution is -2.47. The summed E-state index contributed by atoms with van der Waals surface area (Å²) < 4.78 is 12.8. The molecule has 0 radical (unpaired) electrons. The topological polar surface area (TPSA) is 82.3 Å². The van der Waals surface area contributed by atoms with E-state index in [0.29, 0.717) is 6.54 Å². The van der Waals surface area contributed by atoms with E-state index in [1.807, 2.05) is 31.2 Å². The van der Waals surface area contributed by atoms with Gasteiger partial charge in [0, 0.05) is 12.2 Å². The predicted octanol–water partition coefficient (Wildman–Crippen LogP) is 2.50. The minimum absolute atomic E-state index is 0.106. The van der Waals surface area contributed by atoms with Gasteiger partial charge < -0.3 is 10.6 Å². The summed E-state index contributed by atoms with van der Waals surface area (Å²) in [5.74, 6) is -0.516. The summed E-state index contributed by atoms with van der Waals surface area (Å²) in [7, 11) is 0. The molecule has 0 aliphatic carbocycles. The van der Waals surface area contributed by atoms with E-state index >= 15 is 0 Å². The van der Waals surface area contributed by atoms with Gasteiger partial charge in [-0.1, -0.05) is 24.3 Å². The Balaban J connectivity index is 1.58. The van der Waals surface area contributed by atoms with Crippen LogP contribution in [0.5, 0.6) is 0 Å². The standard InChI is InChI=1S/C19H21FN4O2S2/c1-13-3-2-4-16(9-13)22-17(25)11-28-12-18(26)23-24-19(27)21-10-14-5-7-15(20)8-6-14/h2-9H,10-12H2,1H3,(H,22,25)(H,23,26)(H2,21,24,27). The maximum Gasteiger partial charge on any atom is 0.248 e. The molecule has 0 heterocycles. The number of halogens is 1. The molecule has 9 heteroatoms. The van der Waals surface area contributed by atoms with Crippen molar-refractivity contribution >= 4 is 46.6 Å². The van der Waals surface area contributed by atoms with Crippen molar-refractivity contribution in [1.29, 1.82) is 0 Å². The molecule has 0 fully saturated rings. The molecule has 0 bridgehead atoms. The minimum atomic E-state index is -0.306. The Kier molecular flexibility index (Phi) is 8.70. The first-order valence-corrected chi connectivity index (χ1v) is 10.00. The van der Waals surface area contributed by atoms with Crippen molar-refractivity contribution in [1.82, 2.24) is 16.2 Å². The second-order valence-corrected chi connectivity index (χ2v) is 7.29. The van der Waals surface area contributed by atoms with Crippen molar-refractivity contribution < 1.29 is 14.0 Å². The molecule has 4 N–H and O–H groups in total. The van der Waals surface area contributed by atoms with E-state index in [1.54, 1.807) is 12.1 Å². The first-order valence-electron chi connectivity index (χ1n) is 8.44. The normalized spacial score (nSPS) is 10.1. The number of amides is 2. The monoisotopic (exact) mass is 420 g/mol. The molecule has 2 rings (SSSR count). The highest BCUT2D eigenvalue weighted by Crippen LogP contribution is 2.10. The minimum Gasteiger partial charge on any atom is -0.357 e. The molecule has 0 aromatic heterocycles. The second-order valence-electron chi connectivity index (χ2n) is 5.89. The highest BCUT2D eigenvalue weighted by molar-refractivity contribution is 8.00. The lowest BCUT2D eigenvalue weighted by molar-refractivity contribution is -0.119. The van der Waals surface area contributed by atoms with Gasteiger partial charge in [0.25, 0.3) is 0 Å². The van der Waals surface area contributed by atoms with Crippen molar-refractivity contribution in [2.75, 3.05) is 16.8 Å². The second kappa shape index (κ2) is 11.3. The third kappa shape index (κ3) is 8.36. The molecular formula is C19H21FN4O2S2. The zero-order valence-corrected chi connectivity index (χ0v) is 16.9. The summed E-state index contributed by atoms with van der Waals surface area (Å²) in [6.45, 7) is 2.34. The number of aryl methyl sites for hydroxylation is 1. The van der Waals surface area contributed by atoms with Crippen LogP contribution in [0.15, 0.2) is 48.5 Å². The fourth-order valence-electron chi connectivity index (χ4n) is 2.15. The average Bonchev–Trinajstić information content (AvgIpc) is 2.66. The number of hydrogen-bond acceptors (Lipinski definition) is 4. The number of carbonyl (C=O) groups excluding carboxylic acids is 2. The van der Waals surface area contributed by atoms with Crippen LogP contribution in [0.3, 0.4) is 0 Å². The summed E-state index contributed by atoms with van der Waals surface area (Å²) >= 11 is 6.25. The summed E-state index contributed by atoms with van der Waals surface area (Å²) in [5, 5.41) is 5.91. The van der Waals surface area contributed by atoms with Crippen LogP contribution in [0.1, 0.15) is 11.1 Å². The molecule has 148 valence electrons. The summed E-state index contributed by atoms with van der Waals surface area (Å²) in [6, 6.07) is 13.5. The molecule has 0 aliphatic rings. The number of carbonyl (C=O) groups is 2. The van der Waals surface area contributed by atoms with Crippen molar-refractivity contribution in [2.45, 2.75) is 13.5 Å². The molecule has 2 aromatic carbocycles. The summed E-state index contributed by atoms with van der Waals surface area (Å²) in [6.07, 6.45) is 0. The van der Waals surface area contributed by atoms with Gasteiger partial charge in [-0.2, -0.15) is 0 Å². The lowest BCUT2D eigenvalue weighted by atomic mass is 10.2. The van der Waals surface area contributed by atoms with Crippen LogP contribution in [-0.4, -0.2) is 28.4 Å². The van der Waals surface area contributed by atoms with E-state index in [4.69, 9.17) is 12.2 Å². The molecule has 2 amide bonds. The van der Waals surface area contributed by atoms with Crippen molar-refractivity contribution in [3.63, 3.8) is 0 Å². The van der Waals surface area contributed by atoms with Crippen LogP contribution in [0, 0.1) is 12.7 Å². The van der Waals surface area contributed by atoms with Crippen LogP contribution >= 0.6 is 24.0 Å². The van der Waals surface area contributed by atoms with Gasteiger partial charge >= 0.3 is 0 Å². The Morgan fingerprint density at radius 2 is 1.75 bits per heavy atom. The highest BCUT2D eigenvalue weighted by atomic mass is 32.2. The molecule has 0 atom stereocenters. The number of benzene rings is 2. The maximum absolute atomic E-state index is 12.8. The fraction of sp³-hybridized carbons (Fsp3) is 0.211. The quantitative estimate of drug-likeness (QED) is 0.407. The first-order chi connectivity index (χ1) is 13.4. The number of thiocarbonyl (C=S) groups is 1. The van der Waals surface area contributed by atoms with Gasteiger partial charge in [0.15, 0.2) is 5.11 Å². The summed E-state index contributed by atoms with van der Waals surface area (Å²) in [5.41, 5.74) is 7.67. The van der Waals surface area contributed by atoms with Crippen LogP contribution in [0.4, 0.5) is 10.1 Å². The fourth-order valence-corrected chi connectivity index (χ4v) is 2.89. The number of rotatable bonds is 7. The largest absolute Gasteiger partial charge is 0.357 e. The van der Waals surface area contributed by atoms with Crippen molar-refractivity contribution in [3.05, 3.63) is 65.5 Å². The predicted molar refractivity (Wildman–Crippen MR) is 114 cm³/mol. The number of hydrazine groups is 1. The van der Waals surface area contributed by atoms with E-state index in [2.05, 4.69) is 21.5 Å². The van der Waals surface area contributed by atoms with E-state index in [1.165, 1.54) is 23.9 Å². The third-order valence-corrected chi connectivity index (χ3v) is 4.63. The van der Waals surface area contributed by atoms with Gasteiger partial charge in [0.05, 0.1) is 11.5 Å². The molecule has 2 aromatic rings. The van der Waals surface area contributed by atoms with Gasteiger partial charge in [-0.3, -0.25) is 20.4 Å². The van der Waals surface area contributed by atoms with Crippen LogP contribution < -0.4 is 21.5 Å². The van der Waals surface area contributed by atoms with E-state index < -0.39 is 0 Å². The zero-order chi connectivity index (χ0) is 20.4. The smallest absolute Gasteiger partial charge is 0.248 e. The number of thioether (sulfide) groups is 1.